The molecule has 1 atom stereocenters. The minimum atomic E-state index is -0.0948. The lowest BCUT2D eigenvalue weighted by Gasteiger charge is -2.32. The smallest absolute Gasteiger partial charge is 0.138 e. The molecule has 4 nitrogen and oxygen atoms in total. The average molecular weight is 292 g/mol. The molecule has 2 N–H and O–H groups in total. The summed E-state index contributed by atoms with van der Waals surface area (Å²) in [5, 5.41) is 0. The molecule has 4 heteroatoms. The maximum Gasteiger partial charge on any atom is 0.138 e. The highest BCUT2D eigenvalue weighted by Crippen LogP contribution is 2.28. The number of unbranched alkanes of at least 4 members (excludes halogenated alkanes) is 1. The van der Waals surface area contributed by atoms with E-state index in [9.17, 15) is 0 Å². The third-order valence-corrected chi connectivity index (χ3v) is 3.98. The van der Waals surface area contributed by atoms with E-state index in [2.05, 4.69) is 51.4 Å². The van der Waals surface area contributed by atoms with Gasteiger partial charge in [-0.15, -0.1) is 0 Å². The molecule has 1 aromatic heterocycles. The first-order valence-electron chi connectivity index (χ1n) is 8.13. The zero-order valence-electron chi connectivity index (χ0n) is 14.8. The molecule has 0 radical (unpaired) electrons. The summed E-state index contributed by atoms with van der Waals surface area (Å²) in [7, 11) is 0. The molecular weight excluding hydrogens is 260 g/mol. The Kier molecular flexibility index (Phi) is 5.99. The van der Waals surface area contributed by atoms with Crippen LogP contribution in [-0.4, -0.2) is 22.6 Å². The Labute approximate surface area is 130 Å². The van der Waals surface area contributed by atoms with Crippen molar-refractivity contribution in [3.8, 4) is 0 Å². The molecule has 1 heterocycles. The zero-order chi connectivity index (χ0) is 16.2. The summed E-state index contributed by atoms with van der Waals surface area (Å²) in [6.45, 7) is 16.1. The Balaban J connectivity index is 3.32. The molecular formula is C17H32N4. The van der Waals surface area contributed by atoms with Crippen LogP contribution < -0.4 is 10.6 Å². The molecule has 0 aliphatic rings. The van der Waals surface area contributed by atoms with E-state index in [1.165, 1.54) is 12.8 Å². The fraction of sp³-hybridized carbons (Fsp3) is 0.765. The molecule has 0 bridgehead atoms. The van der Waals surface area contributed by atoms with Gasteiger partial charge >= 0.3 is 0 Å². The van der Waals surface area contributed by atoms with Crippen LogP contribution in [0.2, 0.25) is 0 Å². The van der Waals surface area contributed by atoms with E-state index >= 15 is 0 Å². The van der Waals surface area contributed by atoms with Crippen molar-refractivity contribution < 1.29 is 0 Å². The van der Waals surface area contributed by atoms with E-state index < -0.39 is 0 Å². The van der Waals surface area contributed by atoms with Gasteiger partial charge < -0.3 is 10.6 Å². The number of anilines is 2. The SMILES string of the molecule is CCCCN(c1nc(C(C)(C)C)nc(N)c1C)C(C)CC. The van der Waals surface area contributed by atoms with Crippen molar-refractivity contribution in [2.75, 3.05) is 17.2 Å². The van der Waals surface area contributed by atoms with Gasteiger partial charge in [-0.1, -0.05) is 41.0 Å². The normalized spacial score (nSPS) is 13.3. The Bertz CT molecular complexity index is 463. The van der Waals surface area contributed by atoms with E-state index in [4.69, 9.17) is 10.7 Å². The molecule has 0 spiro atoms. The Hall–Kier alpha value is -1.32. The fourth-order valence-electron chi connectivity index (χ4n) is 2.22. The van der Waals surface area contributed by atoms with Gasteiger partial charge in [-0.2, -0.15) is 0 Å². The van der Waals surface area contributed by atoms with Gasteiger partial charge in [0, 0.05) is 23.6 Å². The zero-order valence-corrected chi connectivity index (χ0v) is 14.8. The van der Waals surface area contributed by atoms with Crippen molar-refractivity contribution in [2.24, 2.45) is 0 Å². The van der Waals surface area contributed by atoms with E-state index in [0.29, 0.717) is 11.9 Å². The number of nitrogen functional groups attached to an aromatic ring is 1. The highest BCUT2D eigenvalue weighted by atomic mass is 15.2. The van der Waals surface area contributed by atoms with Gasteiger partial charge in [0.2, 0.25) is 0 Å². The highest BCUT2D eigenvalue weighted by Gasteiger charge is 2.24. The first-order chi connectivity index (χ1) is 9.72. The van der Waals surface area contributed by atoms with Crippen molar-refractivity contribution in [1.82, 2.24) is 9.97 Å². The molecule has 1 aromatic rings. The summed E-state index contributed by atoms with van der Waals surface area (Å²) in [5.74, 6) is 2.44. The fourth-order valence-corrected chi connectivity index (χ4v) is 2.22. The Morgan fingerprint density at radius 1 is 1.19 bits per heavy atom. The summed E-state index contributed by atoms with van der Waals surface area (Å²) in [4.78, 5) is 11.7. The third kappa shape index (κ3) is 4.32. The van der Waals surface area contributed by atoms with Crippen molar-refractivity contribution in [1.29, 1.82) is 0 Å². The van der Waals surface area contributed by atoms with E-state index in [1.807, 2.05) is 6.92 Å². The molecule has 1 rings (SSSR count). The van der Waals surface area contributed by atoms with Crippen LogP contribution in [0.4, 0.5) is 11.6 Å². The van der Waals surface area contributed by atoms with Gasteiger partial charge in [-0.05, 0) is 26.7 Å². The lowest BCUT2D eigenvalue weighted by Crippen LogP contribution is -2.36. The number of nitrogens with zero attached hydrogens (tertiary/aromatic N) is 3. The second-order valence-electron chi connectivity index (χ2n) is 6.94. The standard InChI is InChI=1S/C17H32N4/c1-8-10-11-21(12(3)9-2)15-13(4)14(18)19-16(20-15)17(5,6)7/h12H,8-11H2,1-7H3,(H2,18,19,20). The van der Waals surface area contributed by atoms with Crippen LogP contribution in [0.3, 0.4) is 0 Å². The van der Waals surface area contributed by atoms with Gasteiger partial charge in [-0.25, -0.2) is 9.97 Å². The van der Waals surface area contributed by atoms with Gasteiger partial charge in [-0.3, -0.25) is 0 Å². The minimum Gasteiger partial charge on any atom is -0.383 e. The van der Waals surface area contributed by atoms with Crippen molar-refractivity contribution >= 4 is 11.6 Å². The van der Waals surface area contributed by atoms with Crippen LogP contribution >= 0.6 is 0 Å². The number of hydrogen-bond donors (Lipinski definition) is 1. The van der Waals surface area contributed by atoms with Gasteiger partial charge in [0.05, 0.1) is 0 Å². The second kappa shape index (κ2) is 7.10. The van der Waals surface area contributed by atoms with Crippen molar-refractivity contribution in [3.63, 3.8) is 0 Å². The number of nitrogens with two attached hydrogens (primary N) is 1. The molecule has 120 valence electrons. The van der Waals surface area contributed by atoms with E-state index in [1.54, 1.807) is 0 Å². The molecule has 21 heavy (non-hydrogen) atoms. The maximum absolute atomic E-state index is 6.15. The lowest BCUT2D eigenvalue weighted by atomic mass is 9.95. The average Bonchev–Trinajstić information content (AvgIpc) is 2.41. The quantitative estimate of drug-likeness (QED) is 0.858. The van der Waals surface area contributed by atoms with E-state index in [-0.39, 0.29) is 5.41 Å². The number of aromatic nitrogens is 2. The molecule has 0 amide bonds. The van der Waals surface area contributed by atoms with Crippen LogP contribution in [0.25, 0.3) is 0 Å². The van der Waals surface area contributed by atoms with Crippen LogP contribution in [-0.2, 0) is 5.41 Å². The summed E-state index contributed by atoms with van der Waals surface area (Å²) in [6.07, 6.45) is 3.44. The van der Waals surface area contributed by atoms with Crippen LogP contribution in [0.15, 0.2) is 0 Å². The van der Waals surface area contributed by atoms with Crippen LogP contribution in [0.5, 0.6) is 0 Å². The van der Waals surface area contributed by atoms with E-state index in [0.717, 1.165) is 30.2 Å². The topological polar surface area (TPSA) is 55.0 Å². The molecule has 0 aliphatic carbocycles. The number of hydrogen-bond acceptors (Lipinski definition) is 4. The predicted octanol–water partition coefficient (Wildman–Crippen LogP) is 4.07. The van der Waals surface area contributed by atoms with Crippen molar-refractivity contribution in [3.05, 3.63) is 11.4 Å². The van der Waals surface area contributed by atoms with Crippen molar-refractivity contribution in [2.45, 2.75) is 79.2 Å². The third-order valence-electron chi connectivity index (χ3n) is 3.98. The lowest BCUT2D eigenvalue weighted by molar-refractivity contribution is 0.536. The van der Waals surface area contributed by atoms with Gasteiger partial charge in [0.25, 0.3) is 0 Å². The first kappa shape index (κ1) is 17.7. The number of rotatable bonds is 6. The second-order valence-corrected chi connectivity index (χ2v) is 6.94. The summed E-state index contributed by atoms with van der Waals surface area (Å²) < 4.78 is 0. The Morgan fingerprint density at radius 2 is 1.81 bits per heavy atom. The highest BCUT2D eigenvalue weighted by molar-refractivity contribution is 5.57. The molecule has 0 saturated carbocycles. The molecule has 0 aromatic carbocycles. The first-order valence-corrected chi connectivity index (χ1v) is 8.13. The Morgan fingerprint density at radius 3 is 2.29 bits per heavy atom. The summed E-state index contributed by atoms with van der Waals surface area (Å²) >= 11 is 0. The van der Waals surface area contributed by atoms with Crippen LogP contribution in [0, 0.1) is 6.92 Å². The monoisotopic (exact) mass is 292 g/mol. The van der Waals surface area contributed by atoms with Gasteiger partial charge in [0.15, 0.2) is 0 Å². The van der Waals surface area contributed by atoms with Crippen LogP contribution in [0.1, 0.15) is 72.2 Å². The minimum absolute atomic E-state index is 0.0948. The summed E-state index contributed by atoms with van der Waals surface area (Å²) in [6, 6.07) is 0.456. The molecule has 1 unspecified atom stereocenters. The van der Waals surface area contributed by atoms with Gasteiger partial charge in [0.1, 0.15) is 17.5 Å². The molecule has 0 saturated heterocycles. The predicted molar refractivity (Wildman–Crippen MR) is 91.9 cm³/mol. The maximum atomic E-state index is 6.15. The molecule has 0 aliphatic heterocycles. The summed E-state index contributed by atoms with van der Waals surface area (Å²) in [5.41, 5.74) is 7.05. The largest absolute Gasteiger partial charge is 0.383 e. The molecule has 0 fully saturated rings.